The Kier molecular flexibility index (Phi) is 3.69. The Morgan fingerprint density at radius 2 is 1.52 bits per heavy atom. The van der Waals surface area contributed by atoms with Gasteiger partial charge in [-0.05, 0) is 34.0 Å². The summed E-state index contributed by atoms with van der Waals surface area (Å²) < 4.78 is 0. The third-order valence-electron chi connectivity index (χ3n) is 3.61. The molecule has 0 fully saturated rings. The summed E-state index contributed by atoms with van der Waals surface area (Å²) in [6.45, 7) is 0. The summed E-state index contributed by atoms with van der Waals surface area (Å²) in [4.78, 5) is 12.2. The van der Waals surface area contributed by atoms with Gasteiger partial charge in [-0.15, -0.1) is 0 Å². The first-order valence-electron chi connectivity index (χ1n) is 6.98. The van der Waals surface area contributed by atoms with Crippen LogP contribution in [0.5, 0.6) is 5.75 Å². The van der Waals surface area contributed by atoms with Crippen LogP contribution in [0, 0.1) is 0 Å². The second-order valence-electron chi connectivity index (χ2n) is 5.20. The quantitative estimate of drug-likeness (QED) is 0.784. The largest absolute Gasteiger partial charge is 0.508 e. The molecule has 21 heavy (non-hydrogen) atoms. The van der Waals surface area contributed by atoms with Crippen molar-refractivity contribution >= 4 is 16.6 Å². The number of fused-ring (bicyclic) bond motifs is 1. The Bertz CT molecular complexity index is 768. The highest BCUT2D eigenvalue weighted by Gasteiger charge is 2.08. The molecule has 104 valence electrons. The molecule has 0 heterocycles. The number of hydrogen-bond donors (Lipinski definition) is 1. The molecule has 3 rings (SSSR count). The Balaban J connectivity index is 1.79. The Morgan fingerprint density at radius 1 is 0.810 bits per heavy atom. The van der Waals surface area contributed by atoms with Gasteiger partial charge in [-0.3, -0.25) is 4.79 Å². The summed E-state index contributed by atoms with van der Waals surface area (Å²) in [6.07, 6.45) is 0.825. The van der Waals surface area contributed by atoms with E-state index in [1.165, 1.54) is 0 Å². The van der Waals surface area contributed by atoms with Crippen molar-refractivity contribution in [1.29, 1.82) is 0 Å². The minimum atomic E-state index is 0.178. The predicted octanol–water partition coefficient (Wildman–Crippen LogP) is 3.90. The molecule has 0 spiro atoms. The fraction of sp³-hybridized carbons (Fsp3) is 0.105. The summed E-state index contributed by atoms with van der Waals surface area (Å²) in [5, 5.41) is 11.6. The standard InChI is InChI=1S/C19H16O2/c20-17-10-8-14(9-11-17)12-18(21)13-16-6-3-5-15-4-1-2-7-19(15)16/h1-11,20H,12-13H2. The van der Waals surface area contributed by atoms with Gasteiger partial charge in [0.15, 0.2) is 0 Å². The molecule has 0 amide bonds. The van der Waals surface area contributed by atoms with Crippen LogP contribution in [-0.4, -0.2) is 10.9 Å². The number of carbonyl (C=O) groups excluding carboxylic acids is 1. The minimum absolute atomic E-state index is 0.178. The zero-order chi connectivity index (χ0) is 14.7. The van der Waals surface area contributed by atoms with E-state index in [-0.39, 0.29) is 11.5 Å². The molecular weight excluding hydrogens is 260 g/mol. The summed E-state index contributed by atoms with van der Waals surface area (Å²) in [7, 11) is 0. The van der Waals surface area contributed by atoms with Crippen LogP contribution >= 0.6 is 0 Å². The lowest BCUT2D eigenvalue weighted by atomic mass is 9.98. The molecule has 0 bridgehead atoms. The van der Waals surface area contributed by atoms with Crippen LogP contribution in [0.2, 0.25) is 0 Å². The van der Waals surface area contributed by atoms with Crippen molar-refractivity contribution in [3.05, 3.63) is 77.9 Å². The molecule has 0 saturated carbocycles. The number of ketones is 1. The van der Waals surface area contributed by atoms with Crippen LogP contribution in [0.15, 0.2) is 66.7 Å². The average molecular weight is 276 g/mol. The molecule has 3 aromatic carbocycles. The van der Waals surface area contributed by atoms with Crippen LogP contribution in [0.3, 0.4) is 0 Å². The third-order valence-corrected chi connectivity index (χ3v) is 3.61. The van der Waals surface area contributed by atoms with Gasteiger partial charge in [-0.2, -0.15) is 0 Å². The number of rotatable bonds is 4. The topological polar surface area (TPSA) is 37.3 Å². The molecule has 3 aromatic rings. The van der Waals surface area contributed by atoms with Gasteiger partial charge in [-0.1, -0.05) is 54.6 Å². The number of phenolic OH excluding ortho intramolecular Hbond substituents is 1. The van der Waals surface area contributed by atoms with Crippen LogP contribution in [-0.2, 0) is 17.6 Å². The Labute approximate surface area is 123 Å². The number of Topliss-reactive ketones (excluding diaryl/α,β-unsaturated/α-hetero) is 1. The molecule has 1 N–H and O–H groups in total. The van der Waals surface area contributed by atoms with Gasteiger partial charge >= 0.3 is 0 Å². The maximum atomic E-state index is 12.2. The summed E-state index contributed by atoms with van der Waals surface area (Å²) in [5.74, 6) is 0.400. The summed E-state index contributed by atoms with van der Waals surface area (Å²) in [5.41, 5.74) is 2.00. The van der Waals surface area contributed by atoms with Crippen molar-refractivity contribution in [3.8, 4) is 5.75 Å². The highest BCUT2D eigenvalue weighted by molar-refractivity contribution is 5.91. The van der Waals surface area contributed by atoms with Crippen molar-refractivity contribution in [1.82, 2.24) is 0 Å². The van der Waals surface area contributed by atoms with Crippen LogP contribution < -0.4 is 0 Å². The Hall–Kier alpha value is -2.61. The van der Waals surface area contributed by atoms with E-state index in [0.29, 0.717) is 12.8 Å². The van der Waals surface area contributed by atoms with Gasteiger partial charge in [0.1, 0.15) is 11.5 Å². The van der Waals surface area contributed by atoms with Crippen molar-refractivity contribution in [2.75, 3.05) is 0 Å². The van der Waals surface area contributed by atoms with Crippen LogP contribution in [0.4, 0.5) is 0 Å². The fourth-order valence-corrected chi connectivity index (χ4v) is 2.56. The van der Waals surface area contributed by atoms with E-state index in [2.05, 4.69) is 18.2 Å². The first-order valence-corrected chi connectivity index (χ1v) is 6.98. The fourth-order valence-electron chi connectivity index (χ4n) is 2.56. The van der Waals surface area contributed by atoms with Crippen LogP contribution in [0.25, 0.3) is 10.8 Å². The normalized spacial score (nSPS) is 10.7. The predicted molar refractivity (Wildman–Crippen MR) is 84.5 cm³/mol. The monoisotopic (exact) mass is 276 g/mol. The SMILES string of the molecule is O=C(Cc1ccc(O)cc1)Cc1cccc2ccccc12. The van der Waals surface area contributed by atoms with E-state index in [0.717, 1.165) is 21.9 Å². The summed E-state index contributed by atoms with van der Waals surface area (Å²) in [6, 6.07) is 21.0. The second-order valence-corrected chi connectivity index (χ2v) is 5.20. The van der Waals surface area contributed by atoms with Crippen LogP contribution in [0.1, 0.15) is 11.1 Å². The van der Waals surface area contributed by atoms with Gasteiger partial charge < -0.3 is 5.11 Å². The molecule has 2 heteroatoms. The van der Waals surface area contributed by atoms with Gasteiger partial charge in [0.05, 0.1) is 0 Å². The molecule has 0 atom stereocenters. The number of phenols is 1. The third kappa shape index (κ3) is 3.11. The zero-order valence-corrected chi connectivity index (χ0v) is 11.6. The van der Waals surface area contributed by atoms with E-state index < -0.39 is 0 Å². The van der Waals surface area contributed by atoms with E-state index in [4.69, 9.17) is 0 Å². The molecule has 0 aliphatic rings. The van der Waals surface area contributed by atoms with E-state index in [1.807, 2.05) is 24.3 Å². The van der Waals surface area contributed by atoms with Gasteiger partial charge in [0.2, 0.25) is 0 Å². The smallest absolute Gasteiger partial charge is 0.141 e. The highest BCUT2D eigenvalue weighted by Crippen LogP contribution is 2.19. The van der Waals surface area contributed by atoms with Gasteiger partial charge in [0, 0.05) is 12.8 Å². The molecule has 2 nitrogen and oxygen atoms in total. The van der Waals surface area contributed by atoms with Crippen molar-refractivity contribution < 1.29 is 9.90 Å². The Morgan fingerprint density at radius 3 is 2.33 bits per heavy atom. The maximum Gasteiger partial charge on any atom is 0.141 e. The number of carbonyl (C=O) groups is 1. The average Bonchev–Trinajstić information content (AvgIpc) is 2.50. The van der Waals surface area contributed by atoms with Crippen molar-refractivity contribution in [3.63, 3.8) is 0 Å². The highest BCUT2D eigenvalue weighted by atomic mass is 16.3. The minimum Gasteiger partial charge on any atom is -0.508 e. The maximum absolute atomic E-state index is 12.2. The molecule has 0 aliphatic carbocycles. The molecule has 0 aliphatic heterocycles. The molecule has 0 aromatic heterocycles. The first kappa shape index (κ1) is 13.4. The van der Waals surface area contributed by atoms with Crippen molar-refractivity contribution in [2.45, 2.75) is 12.8 Å². The van der Waals surface area contributed by atoms with E-state index in [9.17, 15) is 9.90 Å². The second kappa shape index (κ2) is 5.80. The van der Waals surface area contributed by atoms with E-state index in [1.54, 1.807) is 24.3 Å². The molecule has 0 radical (unpaired) electrons. The van der Waals surface area contributed by atoms with E-state index >= 15 is 0 Å². The van der Waals surface area contributed by atoms with Gasteiger partial charge in [0.25, 0.3) is 0 Å². The first-order chi connectivity index (χ1) is 10.2. The lowest BCUT2D eigenvalue weighted by molar-refractivity contribution is -0.117. The zero-order valence-electron chi connectivity index (χ0n) is 11.6. The lowest BCUT2D eigenvalue weighted by Gasteiger charge is -2.06. The lowest BCUT2D eigenvalue weighted by Crippen LogP contribution is -2.06. The number of aromatic hydroxyl groups is 1. The molecule has 0 saturated heterocycles. The molecule has 0 unspecified atom stereocenters. The van der Waals surface area contributed by atoms with Crippen molar-refractivity contribution in [2.24, 2.45) is 0 Å². The number of hydrogen-bond acceptors (Lipinski definition) is 2. The van der Waals surface area contributed by atoms with Gasteiger partial charge in [-0.25, -0.2) is 0 Å². The number of benzene rings is 3. The molecular formula is C19H16O2. The summed E-state index contributed by atoms with van der Waals surface area (Å²) >= 11 is 0.